The van der Waals surface area contributed by atoms with Crippen LogP contribution in [0.4, 0.5) is 16.4 Å². The number of aliphatic imine (C=N–C) groups is 1. The van der Waals surface area contributed by atoms with Gasteiger partial charge in [0, 0.05) is 30.6 Å². The number of piperazine rings is 1. The van der Waals surface area contributed by atoms with E-state index in [4.69, 9.17) is 14.5 Å². The maximum Gasteiger partial charge on any atom is 0.231 e. The predicted octanol–water partition coefficient (Wildman–Crippen LogP) is 4.44. The molecule has 4 heterocycles. The lowest BCUT2D eigenvalue weighted by molar-refractivity contribution is 0.174. The number of rotatable bonds is 2. The van der Waals surface area contributed by atoms with Crippen molar-refractivity contribution in [1.29, 1.82) is 0 Å². The summed E-state index contributed by atoms with van der Waals surface area (Å²) in [6, 6.07) is 17.1. The van der Waals surface area contributed by atoms with E-state index >= 15 is 0 Å². The van der Waals surface area contributed by atoms with Gasteiger partial charge in [0.25, 0.3) is 0 Å². The number of aryl methyl sites for hydroxylation is 1. The second kappa shape index (κ2) is 7.59. The van der Waals surface area contributed by atoms with Gasteiger partial charge in [-0.3, -0.25) is 0 Å². The maximum absolute atomic E-state index is 5.56. The van der Waals surface area contributed by atoms with E-state index in [0.717, 1.165) is 54.8 Å². The van der Waals surface area contributed by atoms with E-state index in [1.54, 1.807) is 11.3 Å². The molecule has 6 rings (SSSR count). The molecule has 2 aromatic carbocycles. The van der Waals surface area contributed by atoms with E-state index in [1.165, 1.54) is 21.0 Å². The molecule has 1 fully saturated rings. The number of fused-ring (bicyclic) bond motifs is 3. The number of nitrogens with one attached hydrogen (secondary N) is 2. The fraction of sp³-hybridized carbons (Fsp3) is 0.292. The number of ether oxygens (including phenoxy) is 2. The van der Waals surface area contributed by atoms with Crippen molar-refractivity contribution in [2.45, 2.75) is 19.4 Å². The largest absolute Gasteiger partial charge is 0.454 e. The van der Waals surface area contributed by atoms with Crippen molar-refractivity contribution in [3.8, 4) is 11.5 Å². The van der Waals surface area contributed by atoms with Gasteiger partial charge in [0.15, 0.2) is 11.5 Å². The zero-order chi connectivity index (χ0) is 20.8. The molecule has 3 aromatic rings. The summed E-state index contributed by atoms with van der Waals surface area (Å²) >= 11 is 1.79. The Balaban J connectivity index is 1.29. The first-order valence-corrected chi connectivity index (χ1v) is 11.5. The molecule has 31 heavy (non-hydrogen) atoms. The van der Waals surface area contributed by atoms with E-state index < -0.39 is 0 Å². The Morgan fingerprint density at radius 3 is 3.00 bits per heavy atom. The first-order valence-electron chi connectivity index (χ1n) is 10.7. The average Bonchev–Trinajstić information content (AvgIpc) is 3.35. The molecule has 0 amide bonds. The van der Waals surface area contributed by atoms with Crippen molar-refractivity contribution in [1.82, 2.24) is 10.2 Å². The predicted molar refractivity (Wildman–Crippen MR) is 125 cm³/mol. The Bertz CT molecular complexity index is 1170. The first kappa shape index (κ1) is 18.7. The SMILES string of the molecule is Cc1cc2c(s1)Nc1ccccc1N=C2N1CCNC(Cc2ccc3c(c2)OCO3)C1. The van der Waals surface area contributed by atoms with Crippen molar-refractivity contribution >= 4 is 33.5 Å². The third kappa shape index (κ3) is 3.54. The van der Waals surface area contributed by atoms with Gasteiger partial charge >= 0.3 is 0 Å². The minimum Gasteiger partial charge on any atom is -0.454 e. The number of hydrogen-bond acceptors (Lipinski definition) is 7. The van der Waals surface area contributed by atoms with Crippen LogP contribution in [0.25, 0.3) is 0 Å². The highest BCUT2D eigenvalue weighted by atomic mass is 32.1. The van der Waals surface area contributed by atoms with Crippen LogP contribution in [0.1, 0.15) is 16.0 Å². The molecule has 1 aromatic heterocycles. The van der Waals surface area contributed by atoms with E-state index in [0.29, 0.717) is 12.8 Å². The molecule has 2 N–H and O–H groups in total. The van der Waals surface area contributed by atoms with Crippen LogP contribution in [-0.2, 0) is 6.42 Å². The number of hydrogen-bond donors (Lipinski definition) is 2. The van der Waals surface area contributed by atoms with Crippen molar-refractivity contribution in [3.05, 3.63) is 64.5 Å². The highest BCUT2D eigenvalue weighted by molar-refractivity contribution is 7.16. The van der Waals surface area contributed by atoms with Gasteiger partial charge in [-0.2, -0.15) is 0 Å². The highest BCUT2D eigenvalue weighted by Gasteiger charge is 2.28. The lowest BCUT2D eigenvalue weighted by atomic mass is 10.0. The van der Waals surface area contributed by atoms with Crippen molar-refractivity contribution in [3.63, 3.8) is 0 Å². The van der Waals surface area contributed by atoms with Crippen LogP contribution in [0.5, 0.6) is 11.5 Å². The minimum atomic E-state index is 0.311. The molecule has 0 bridgehead atoms. The van der Waals surface area contributed by atoms with E-state index in [1.807, 2.05) is 12.1 Å². The molecule has 158 valence electrons. The molecule has 3 aliphatic rings. The van der Waals surface area contributed by atoms with Gasteiger partial charge in [-0.25, -0.2) is 4.99 Å². The number of para-hydroxylation sites is 2. The summed E-state index contributed by atoms with van der Waals surface area (Å²) in [6.45, 7) is 5.25. The summed E-state index contributed by atoms with van der Waals surface area (Å²) in [5, 5.41) is 8.46. The third-order valence-corrected chi connectivity index (χ3v) is 6.91. The second-order valence-corrected chi connectivity index (χ2v) is 9.42. The molecular weight excluding hydrogens is 408 g/mol. The molecule has 1 unspecified atom stereocenters. The van der Waals surface area contributed by atoms with Crippen LogP contribution in [0.15, 0.2) is 53.5 Å². The Morgan fingerprint density at radius 2 is 2.03 bits per heavy atom. The molecule has 0 spiro atoms. The summed E-state index contributed by atoms with van der Waals surface area (Å²) in [7, 11) is 0. The average molecular weight is 433 g/mol. The van der Waals surface area contributed by atoms with E-state index in [9.17, 15) is 0 Å². The summed E-state index contributed by atoms with van der Waals surface area (Å²) in [5.74, 6) is 2.75. The van der Waals surface area contributed by atoms with Crippen molar-refractivity contribution < 1.29 is 9.47 Å². The van der Waals surface area contributed by atoms with Crippen LogP contribution in [0.2, 0.25) is 0 Å². The molecule has 7 heteroatoms. The number of anilines is 2. The Morgan fingerprint density at radius 1 is 1.13 bits per heavy atom. The van der Waals surface area contributed by atoms with Gasteiger partial charge in [-0.05, 0) is 49.2 Å². The molecule has 1 saturated heterocycles. The monoisotopic (exact) mass is 432 g/mol. The molecular formula is C24H24N4O2S. The molecule has 1 atom stereocenters. The van der Waals surface area contributed by atoms with Gasteiger partial charge in [-0.15, -0.1) is 11.3 Å². The summed E-state index contributed by atoms with van der Waals surface area (Å²) in [4.78, 5) is 8.85. The molecule has 0 radical (unpaired) electrons. The second-order valence-electron chi connectivity index (χ2n) is 8.17. The van der Waals surface area contributed by atoms with Gasteiger partial charge < -0.3 is 25.0 Å². The fourth-order valence-corrected chi connectivity index (χ4v) is 5.41. The van der Waals surface area contributed by atoms with Crippen LogP contribution in [-0.4, -0.2) is 43.2 Å². The molecule has 0 saturated carbocycles. The normalized spacial score (nSPS) is 19.2. The van der Waals surface area contributed by atoms with E-state index in [-0.39, 0.29) is 0 Å². The number of nitrogens with zero attached hydrogens (tertiary/aromatic N) is 2. The standard InChI is InChI=1S/C24H24N4O2S/c1-15-10-18-23(26-19-4-2-3-5-20(19)27-24(18)31-15)28-9-8-25-17(13-28)11-16-6-7-21-22(12-16)30-14-29-21/h2-7,10,12,17,25,27H,8-9,11,13-14H2,1H3. The fourth-order valence-electron chi connectivity index (χ4n) is 4.49. The number of benzene rings is 2. The maximum atomic E-state index is 5.56. The van der Waals surface area contributed by atoms with Crippen molar-refractivity contribution in [2.75, 3.05) is 31.7 Å². The van der Waals surface area contributed by atoms with Gasteiger partial charge in [0.05, 0.1) is 16.9 Å². The van der Waals surface area contributed by atoms with Crippen LogP contribution < -0.4 is 20.1 Å². The van der Waals surface area contributed by atoms with Crippen LogP contribution in [0, 0.1) is 6.92 Å². The third-order valence-electron chi connectivity index (χ3n) is 5.95. The minimum absolute atomic E-state index is 0.311. The topological polar surface area (TPSA) is 58.1 Å². The van der Waals surface area contributed by atoms with Gasteiger partial charge in [-0.1, -0.05) is 18.2 Å². The molecule has 3 aliphatic heterocycles. The summed E-state index contributed by atoms with van der Waals surface area (Å²) in [5.41, 5.74) is 4.50. The zero-order valence-corrected chi connectivity index (χ0v) is 18.2. The number of amidine groups is 1. The molecule has 6 nitrogen and oxygen atoms in total. The lowest BCUT2D eigenvalue weighted by Crippen LogP contribution is -2.53. The summed E-state index contributed by atoms with van der Waals surface area (Å²) in [6.07, 6.45) is 0.935. The highest BCUT2D eigenvalue weighted by Crippen LogP contribution is 2.39. The zero-order valence-electron chi connectivity index (χ0n) is 17.4. The van der Waals surface area contributed by atoms with Crippen molar-refractivity contribution in [2.24, 2.45) is 4.99 Å². The first-order chi connectivity index (χ1) is 15.2. The molecule has 0 aliphatic carbocycles. The lowest BCUT2D eigenvalue weighted by Gasteiger charge is -2.36. The summed E-state index contributed by atoms with van der Waals surface area (Å²) < 4.78 is 11.0. The van der Waals surface area contributed by atoms with E-state index in [2.05, 4.69) is 58.9 Å². The van der Waals surface area contributed by atoms with Crippen LogP contribution in [0.3, 0.4) is 0 Å². The smallest absolute Gasteiger partial charge is 0.231 e. The number of thiophene rings is 1. The Labute approximate surface area is 185 Å². The van der Waals surface area contributed by atoms with Crippen LogP contribution >= 0.6 is 11.3 Å². The van der Waals surface area contributed by atoms with Gasteiger partial charge in [0.2, 0.25) is 6.79 Å². The quantitative estimate of drug-likeness (QED) is 0.627. The van der Waals surface area contributed by atoms with Gasteiger partial charge in [0.1, 0.15) is 10.8 Å². The Kier molecular flexibility index (Phi) is 4.58. The Hall–Kier alpha value is -3.03.